The number of carboxylic acid groups (broad SMARTS) is 1. The van der Waals surface area contributed by atoms with E-state index >= 15 is 0 Å². The van der Waals surface area contributed by atoms with Crippen molar-refractivity contribution >= 4 is 35.3 Å². The van der Waals surface area contributed by atoms with Gasteiger partial charge in [0.2, 0.25) is 0 Å². The Morgan fingerprint density at radius 2 is 2.29 bits per heavy atom. The largest absolute Gasteiger partial charge is 0.480 e. The van der Waals surface area contributed by atoms with E-state index in [4.69, 9.17) is 5.11 Å². The molecular weight excluding hydrogens is 244 g/mol. The predicted molar refractivity (Wildman–Crippen MR) is 60.2 cm³/mol. The van der Waals surface area contributed by atoms with Gasteiger partial charge in [0.15, 0.2) is 0 Å². The number of carbonyl (C=O) groups is 3. The van der Waals surface area contributed by atoms with E-state index < -0.39 is 24.5 Å². The van der Waals surface area contributed by atoms with Crippen LogP contribution >= 0.6 is 11.3 Å². The highest BCUT2D eigenvalue weighted by Crippen LogP contribution is 2.16. The van der Waals surface area contributed by atoms with Crippen LogP contribution in [-0.4, -0.2) is 34.5 Å². The quantitative estimate of drug-likeness (QED) is 0.613. The van der Waals surface area contributed by atoms with E-state index in [1.54, 1.807) is 6.07 Å². The molecule has 0 aromatic carbocycles. The number of carboxylic acids is 1. The molecule has 1 aromatic rings. The number of carbonyl (C=O) groups excluding carboxylic acids is 2. The lowest BCUT2D eigenvalue weighted by atomic mass is 10.3. The zero-order chi connectivity index (χ0) is 12.4. The molecule has 0 spiro atoms. The van der Waals surface area contributed by atoms with Crippen LogP contribution in [0.5, 0.6) is 0 Å². The number of nitrogens with one attached hydrogen (secondary N) is 1. The van der Waals surface area contributed by atoms with Gasteiger partial charge >= 0.3 is 12.0 Å². The lowest BCUT2D eigenvalue weighted by Gasteiger charge is -2.06. The van der Waals surface area contributed by atoms with Crippen molar-refractivity contribution in [1.29, 1.82) is 0 Å². The number of amides is 3. The first kappa shape index (κ1) is 11.3. The van der Waals surface area contributed by atoms with Crippen molar-refractivity contribution in [3.8, 4) is 0 Å². The zero-order valence-corrected chi connectivity index (χ0v) is 9.36. The molecule has 1 aromatic heterocycles. The molecule has 7 heteroatoms. The molecule has 0 radical (unpaired) electrons. The average molecular weight is 252 g/mol. The average Bonchev–Trinajstić information content (AvgIpc) is 2.83. The third kappa shape index (κ3) is 2.34. The Hall–Kier alpha value is -2.15. The molecule has 3 amide bonds. The van der Waals surface area contributed by atoms with Gasteiger partial charge in [-0.3, -0.25) is 9.59 Å². The van der Waals surface area contributed by atoms with Crippen molar-refractivity contribution in [2.24, 2.45) is 0 Å². The molecule has 88 valence electrons. The van der Waals surface area contributed by atoms with Gasteiger partial charge in [0, 0.05) is 4.88 Å². The second kappa shape index (κ2) is 4.38. The maximum absolute atomic E-state index is 11.7. The topological polar surface area (TPSA) is 86.7 Å². The van der Waals surface area contributed by atoms with E-state index in [1.807, 2.05) is 11.4 Å². The van der Waals surface area contributed by atoms with Crippen LogP contribution in [0.25, 0.3) is 6.08 Å². The van der Waals surface area contributed by atoms with Crippen LogP contribution < -0.4 is 5.32 Å². The Bertz CT molecular complexity index is 506. The van der Waals surface area contributed by atoms with Crippen molar-refractivity contribution < 1.29 is 19.5 Å². The number of hydrogen-bond acceptors (Lipinski definition) is 4. The van der Waals surface area contributed by atoms with Gasteiger partial charge in [0.25, 0.3) is 5.91 Å². The van der Waals surface area contributed by atoms with Gasteiger partial charge in [-0.05, 0) is 17.5 Å². The molecule has 0 aliphatic carbocycles. The number of urea groups is 1. The molecule has 2 heterocycles. The highest BCUT2D eigenvalue weighted by Gasteiger charge is 2.34. The van der Waals surface area contributed by atoms with Crippen LogP contribution in [0, 0.1) is 0 Å². The Labute approximate surface area is 100 Å². The molecule has 1 aliphatic rings. The maximum atomic E-state index is 11.7. The van der Waals surface area contributed by atoms with Crippen LogP contribution in [-0.2, 0) is 9.59 Å². The SMILES string of the molecule is O=C(O)CN1C(=O)N/C(=C/c2cccs2)C1=O. The first-order valence-electron chi connectivity index (χ1n) is 4.68. The second-order valence-electron chi connectivity index (χ2n) is 3.29. The van der Waals surface area contributed by atoms with E-state index in [0.29, 0.717) is 4.90 Å². The number of rotatable bonds is 3. The summed E-state index contributed by atoms with van der Waals surface area (Å²) in [5.41, 5.74) is 0.0960. The molecule has 1 saturated heterocycles. The fraction of sp³-hybridized carbons (Fsp3) is 0.100. The zero-order valence-electron chi connectivity index (χ0n) is 8.54. The van der Waals surface area contributed by atoms with Gasteiger partial charge in [0.05, 0.1) is 0 Å². The van der Waals surface area contributed by atoms with Crippen molar-refractivity contribution in [2.45, 2.75) is 0 Å². The first-order valence-corrected chi connectivity index (χ1v) is 5.56. The molecule has 0 bridgehead atoms. The molecule has 1 aliphatic heterocycles. The number of hydrogen-bond donors (Lipinski definition) is 2. The normalized spacial score (nSPS) is 17.6. The maximum Gasteiger partial charge on any atom is 0.329 e. The third-order valence-corrected chi connectivity index (χ3v) is 2.90. The molecule has 0 atom stereocenters. The van der Waals surface area contributed by atoms with Crippen molar-refractivity contribution in [3.63, 3.8) is 0 Å². The number of aliphatic carboxylic acids is 1. The summed E-state index contributed by atoms with van der Waals surface area (Å²) in [5.74, 6) is -1.85. The summed E-state index contributed by atoms with van der Waals surface area (Å²) in [6.07, 6.45) is 1.52. The van der Waals surface area contributed by atoms with Gasteiger partial charge in [0.1, 0.15) is 12.2 Å². The third-order valence-electron chi connectivity index (χ3n) is 2.09. The Morgan fingerprint density at radius 3 is 2.88 bits per heavy atom. The summed E-state index contributed by atoms with van der Waals surface area (Å²) in [6.45, 7) is -0.632. The summed E-state index contributed by atoms with van der Waals surface area (Å²) >= 11 is 1.41. The van der Waals surface area contributed by atoms with E-state index in [1.165, 1.54) is 17.4 Å². The fourth-order valence-corrected chi connectivity index (χ4v) is 2.02. The van der Waals surface area contributed by atoms with Gasteiger partial charge in [-0.15, -0.1) is 11.3 Å². The summed E-state index contributed by atoms with van der Waals surface area (Å²) in [5, 5.41) is 12.7. The van der Waals surface area contributed by atoms with Crippen molar-refractivity contribution in [1.82, 2.24) is 10.2 Å². The van der Waals surface area contributed by atoms with Crippen LogP contribution in [0.1, 0.15) is 4.88 Å². The predicted octanol–water partition coefficient (Wildman–Crippen LogP) is 0.725. The summed E-state index contributed by atoms with van der Waals surface area (Å²) in [4.78, 5) is 35.0. The van der Waals surface area contributed by atoms with Gasteiger partial charge in [-0.1, -0.05) is 6.07 Å². The van der Waals surface area contributed by atoms with Crippen molar-refractivity contribution in [3.05, 3.63) is 28.1 Å². The first-order chi connectivity index (χ1) is 8.08. The molecule has 6 nitrogen and oxygen atoms in total. The molecule has 0 unspecified atom stereocenters. The summed E-state index contributed by atoms with van der Waals surface area (Å²) in [7, 11) is 0. The van der Waals surface area contributed by atoms with E-state index in [-0.39, 0.29) is 5.70 Å². The van der Waals surface area contributed by atoms with Crippen LogP contribution in [0.15, 0.2) is 23.2 Å². The lowest BCUT2D eigenvalue weighted by Crippen LogP contribution is -2.35. The summed E-state index contributed by atoms with van der Waals surface area (Å²) in [6, 6.07) is 2.89. The van der Waals surface area contributed by atoms with Gasteiger partial charge in [-0.25, -0.2) is 9.69 Å². The molecule has 2 N–H and O–H groups in total. The van der Waals surface area contributed by atoms with Gasteiger partial charge in [-0.2, -0.15) is 0 Å². The van der Waals surface area contributed by atoms with E-state index in [0.717, 1.165) is 4.88 Å². The monoisotopic (exact) mass is 252 g/mol. The molecule has 2 rings (SSSR count). The highest BCUT2D eigenvalue weighted by molar-refractivity contribution is 7.10. The second-order valence-corrected chi connectivity index (χ2v) is 4.27. The molecule has 1 fully saturated rings. The standard InChI is InChI=1S/C10H8N2O4S/c13-8(14)5-12-9(15)7(11-10(12)16)4-6-2-1-3-17-6/h1-4H,5H2,(H,11,16)(H,13,14)/b7-4+. The number of nitrogens with zero attached hydrogens (tertiary/aromatic N) is 1. The molecular formula is C10H8N2O4S. The van der Waals surface area contributed by atoms with Crippen LogP contribution in [0.4, 0.5) is 4.79 Å². The minimum atomic E-state index is -1.23. The Morgan fingerprint density at radius 1 is 1.53 bits per heavy atom. The van der Waals surface area contributed by atoms with Gasteiger partial charge < -0.3 is 10.4 Å². The lowest BCUT2D eigenvalue weighted by molar-refractivity contribution is -0.140. The molecule has 0 saturated carbocycles. The van der Waals surface area contributed by atoms with Crippen LogP contribution in [0.3, 0.4) is 0 Å². The number of imide groups is 1. The van der Waals surface area contributed by atoms with E-state index in [2.05, 4.69) is 5.32 Å². The minimum absolute atomic E-state index is 0.0960. The Kier molecular flexibility index (Phi) is 2.92. The molecule has 17 heavy (non-hydrogen) atoms. The fourth-order valence-electron chi connectivity index (χ4n) is 1.37. The smallest absolute Gasteiger partial charge is 0.329 e. The highest BCUT2D eigenvalue weighted by atomic mass is 32.1. The summed E-state index contributed by atoms with van der Waals surface area (Å²) < 4.78 is 0. The minimum Gasteiger partial charge on any atom is -0.480 e. The number of thiophene rings is 1. The van der Waals surface area contributed by atoms with E-state index in [9.17, 15) is 14.4 Å². The Balaban J connectivity index is 2.21. The van der Waals surface area contributed by atoms with Crippen LogP contribution in [0.2, 0.25) is 0 Å². The van der Waals surface area contributed by atoms with Crippen molar-refractivity contribution in [2.75, 3.05) is 6.54 Å².